The minimum absolute atomic E-state index is 0.249. The average molecular weight is 258 g/mol. The van der Waals surface area contributed by atoms with E-state index in [1.807, 2.05) is 24.3 Å². The fourth-order valence-corrected chi connectivity index (χ4v) is 2.18. The van der Waals surface area contributed by atoms with Crippen LogP contribution in [0.3, 0.4) is 0 Å². The van der Waals surface area contributed by atoms with Crippen molar-refractivity contribution in [3.8, 4) is 0 Å². The van der Waals surface area contributed by atoms with Crippen LogP contribution in [0.25, 0.3) is 0 Å². The van der Waals surface area contributed by atoms with Crippen molar-refractivity contribution in [2.75, 3.05) is 0 Å². The van der Waals surface area contributed by atoms with E-state index < -0.39 is 5.60 Å². The van der Waals surface area contributed by atoms with Crippen molar-refractivity contribution in [2.24, 2.45) is 0 Å². The lowest BCUT2D eigenvalue weighted by Crippen LogP contribution is -2.23. The van der Waals surface area contributed by atoms with Crippen molar-refractivity contribution in [2.45, 2.75) is 32.8 Å². The molecule has 1 nitrogen and oxygen atoms in total. The highest BCUT2D eigenvalue weighted by Crippen LogP contribution is 2.30. The third-order valence-electron chi connectivity index (χ3n) is 3.64. The van der Waals surface area contributed by atoms with Crippen molar-refractivity contribution in [1.29, 1.82) is 0 Å². The van der Waals surface area contributed by atoms with Crippen molar-refractivity contribution >= 4 is 0 Å². The molecule has 0 amide bonds. The van der Waals surface area contributed by atoms with Gasteiger partial charge in [-0.05, 0) is 54.7 Å². The first-order valence-corrected chi connectivity index (χ1v) is 6.53. The minimum atomic E-state index is -1.11. The first-order valence-electron chi connectivity index (χ1n) is 6.53. The molecule has 0 aliphatic heterocycles. The highest BCUT2D eigenvalue weighted by Gasteiger charge is 2.25. The molecule has 0 aliphatic rings. The zero-order valence-electron chi connectivity index (χ0n) is 11.6. The number of aliphatic hydroxyl groups is 1. The van der Waals surface area contributed by atoms with Crippen LogP contribution in [0.5, 0.6) is 0 Å². The van der Waals surface area contributed by atoms with Gasteiger partial charge in [-0.1, -0.05) is 37.3 Å². The second kappa shape index (κ2) is 5.14. The van der Waals surface area contributed by atoms with Crippen LogP contribution in [0.1, 0.15) is 36.1 Å². The molecule has 2 aromatic carbocycles. The van der Waals surface area contributed by atoms with E-state index in [0.29, 0.717) is 11.1 Å². The van der Waals surface area contributed by atoms with E-state index in [9.17, 15) is 9.50 Å². The van der Waals surface area contributed by atoms with Gasteiger partial charge in [0.2, 0.25) is 0 Å². The van der Waals surface area contributed by atoms with Gasteiger partial charge in [0, 0.05) is 0 Å². The molecule has 0 heterocycles. The van der Waals surface area contributed by atoms with Crippen molar-refractivity contribution in [3.05, 3.63) is 70.5 Å². The molecule has 2 rings (SSSR count). The molecule has 0 spiro atoms. The van der Waals surface area contributed by atoms with E-state index in [4.69, 9.17) is 0 Å². The summed E-state index contributed by atoms with van der Waals surface area (Å²) in [4.78, 5) is 0. The van der Waals surface area contributed by atoms with Gasteiger partial charge < -0.3 is 5.11 Å². The summed E-state index contributed by atoms with van der Waals surface area (Å²) in [5.74, 6) is -0.249. The Kier molecular flexibility index (Phi) is 3.72. The van der Waals surface area contributed by atoms with E-state index in [1.165, 1.54) is 11.6 Å². The third kappa shape index (κ3) is 2.69. The molecule has 2 heteroatoms. The fourth-order valence-electron chi connectivity index (χ4n) is 2.18. The van der Waals surface area contributed by atoms with Crippen LogP contribution >= 0.6 is 0 Å². The molecule has 0 fully saturated rings. The minimum Gasteiger partial charge on any atom is -0.381 e. The molecule has 0 bridgehead atoms. The van der Waals surface area contributed by atoms with Crippen LogP contribution < -0.4 is 0 Å². The molecule has 1 N–H and O–H groups in total. The monoisotopic (exact) mass is 258 g/mol. The number of hydrogen-bond donors (Lipinski definition) is 1. The van der Waals surface area contributed by atoms with Gasteiger partial charge in [0.25, 0.3) is 0 Å². The van der Waals surface area contributed by atoms with Crippen molar-refractivity contribution in [1.82, 2.24) is 0 Å². The van der Waals surface area contributed by atoms with Gasteiger partial charge in [-0.2, -0.15) is 0 Å². The molecule has 0 radical (unpaired) electrons. The lowest BCUT2D eigenvalue weighted by molar-refractivity contribution is 0.102. The van der Waals surface area contributed by atoms with Gasteiger partial charge in [-0.25, -0.2) is 4.39 Å². The highest BCUT2D eigenvalue weighted by molar-refractivity contribution is 5.38. The normalized spacial score (nSPS) is 14.2. The Bertz CT molecular complexity index is 570. The lowest BCUT2D eigenvalue weighted by atomic mass is 9.87. The molecule has 1 unspecified atom stereocenters. The van der Waals surface area contributed by atoms with Crippen LogP contribution in [0.2, 0.25) is 0 Å². The molecule has 19 heavy (non-hydrogen) atoms. The summed E-state index contributed by atoms with van der Waals surface area (Å²) in [7, 11) is 0. The first kappa shape index (κ1) is 13.8. The summed E-state index contributed by atoms with van der Waals surface area (Å²) in [6.45, 7) is 5.53. The van der Waals surface area contributed by atoms with Gasteiger partial charge in [-0.3, -0.25) is 0 Å². The second-order valence-corrected chi connectivity index (χ2v) is 5.09. The Labute approximate surface area is 113 Å². The van der Waals surface area contributed by atoms with Crippen LogP contribution in [-0.4, -0.2) is 5.11 Å². The molecule has 2 aromatic rings. The summed E-state index contributed by atoms with van der Waals surface area (Å²) in [5.41, 5.74) is 2.19. The van der Waals surface area contributed by atoms with E-state index in [1.54, 1.807) is 26.0 Å². The Morgan fingerprint density at radius 1 is 1.05 bits per heavy atom. The first-order chi connectivity index (χ1) is 8.95. The van der Waals surface area contributed by atoms with E-state index in [0.717, 1.165) is 12.0 Å². The van der Waals surface area contributed by atoms with E-state index in [-0.39, 0.29) is 5.82 Å². The summed E-state index contributed by atoms with van der Waals surface area (Å²) in [6, 6.07) is 12.6. The molecular formula is C17H19FO. The topological polar surface area (TPSA) is 20.2 Å². The van der Waals surface area contributed by atoms with Crippen molar-refractivity contribution in [3.63, 3.8) is 0 Å². The third-order valence-corrected chi connectivity index (χ3v) is 3.64. The van der Waals surface area contributed by atoms with Gasteiger partial charge >= 0.3 is 0 Å². The van der Waals surface area contributed by atoms with Crippen LogP contribution in [0.15, 0.2) is 42.5 Å². The predicted molar refractivity (Wildman–Crippen MR) is 75.6 cm³/mol. The van der Waals surface area contributed by atoms with Gasteiger partial charge in [-0.15, -0.1) is 0 Å². The van der Waals surface area contributed by atoms with Crippen LogP contribution in [0.4, 0.5) is 4.39 Å². The maximum Gasteiger partial charge on any atom is 0.126 e. The van der Waals surface area contributed by atoms with Gasteiger partial charge in [0.1, 0.15) is 11.4 Å². The Morgan fingerprint density at radius 3 is 2.16 bits per heavy atom. The molecule has 100 valence electrons. The maximum absolute atomic E-state index is 13.3. The zero-order valence-corrected chi connectivity index (χ0v) is 11.6. The maximum atomic E-state index is 13.3. The lowest BCUT2D eigenvalue weighted by Gasteiger charge is -2.25. The number of benzene rings is 2. The predicted octanol–water partition coefficient (Wildman–Crippen LogP) is 3.95. The Hall–Kier alpha value is -1.67. The summed E-state index contributed by atoms with van der Waals surface area (Å²) < 4.78 is 13.3. The summed E-state index contributed by atoms with van der Waals surface area (Å²) >= 11 is 0. The van der Waals surface area contributed by atoms with Gasteiger partial charge in [0.15, 0.2) is 0 Å². The summed E-state index contributed by atoms with van der Waals surface area (Å²) in [6.07, 6.45) is 0.970. The second-order valence-electron chi connectivity index (χ2n) is 5.09. The molecule has 0 aliphatic carbocycles. The summed E-state index contributed by atoms with van der Waals surface area (Å²) in [5, 5.41) is 10.7. The smallest absolute Gasteiger partial charge is 0.126 e. The number of halogens is 1. The Morgan fingerprint density at radius 2 is 1.63 bits per heavy atom. The van der Waals surface area contributed by atoms with E-state index >= 15 is 0 Å². The number of aryl methyl sites for hydroxylation is 2. The average Bonchev–Trinajstić information content (AvgIpc) is 2.41. The quantitative estimate of drug-likeness (QED) is 0.883. The van der Waals surface area contributed by atoms with Crippen molar-refractivity contribution < 1.29 is 9.50 Å². The zero-order chi connectivity index (χ0) is 14.0. The SMILES string of the molecule is CCc1ccc(C(C)(O)c2ccc(F)c(C)c2)cc1. The van der Waals surface area contributed by atoms with E-state index in [2.05, 4.69) is 6.92 Å². The van der Waals surface area contributed by atoms with Gasteiger partial charge in [0.05, 0.1) is 0 Å². The molecule has 0 saturated carbocycles. The van der Waals surface area contributed by atoms with Crippen LogP contribution in [0, 0.1) is 12.7 Å². The Balaban J connectivity index is 2.41. The standard InChI is InChI=1S/C17H19FO/c1-4-13-5-7-14(8-6-13)17(3,19)15-9-10-16(18)12(2)11-15/h5-11,19H,4H2,1-3H3. The number of rotatable bonds is 3. The molecule has 0 aromatic heterocycles. The molecule has 0 saturated heterocycles. The largest absolute Gasteiger partial charge is 0.381 e. The fraction of sp³-hybridized carbons (Fsp3) is 0.294. The number of hydrogen-bond acceptors (Lipinski definition) is 1. The van der Waals surface area contributed by atoms with Crippen LogP contribution in [-0.2, 0) is 12.0 Å². The molecule has 1 atom stereocenters. The highest BCUT2D eigenvalue weighted by atomic mass is 19.1. The molecular weight excluding hydrogens is 239 g/mol.